The van der Waals surface area contributed by atoms with E-state index < -0.39 is 16.0 Å². The lowest BCUT2D eigenvalue weighted by molar-refractivity contribution is 0.0600. The molecule has 1 aromatic heterocycles. The highest BCUT2D eigenvalue weighted by molar-refractivity contribution is 7.89. The summed E-state index contributed by atoms with van der Waals surface area (Å²) in [6.45, 7) is 3.71. The van der Waals surface area contributed by atoms with Crippen LogP contribution in [0.4, 0.5) is 0 Å². The van der Waals surface area contributed by atoms with Crippen LogP contribution < -0.4 is 0 Å². The standard InChI is InChI=1S/C24H26ClN3O4S/c1-3-28-22-12-11-19(33(30,31)27-13-5-4-6-14-27)16-21(22)26-23(28)20(25)15-17-7-9-18(10-8-17)24(29)32-2/h7-12,15-16H,3-6,13-14H2,1-2H3/b20-15-. The van der Waals surface area contributed by atoms with E-state index in [1.165, 1.54) is 7.11 Å². The number of ether oxygens (including phenoxy) is 1. The number of halogens is 1. The first-order chi connectivity index (χ1) is 15.8. The molecule has 1 fully saturated rings. The van der Waals surface area contributed by atoms with Gasteiger partial charge in [0.05, 0.1) is 33.6 Å². The molecule has 0 atom stereocenters. The Kier molecular flexibility index (Phi) is 6.88. The van der Waals surface area contributed by atoms with Crippen LogP contribution in [0.2, 0.25) is 0 Å². The number of aryl methyl sites for hydroxylation is 1. The maximum atomic E-state index is 13.1. The maximum Gasteiger partial charge on any atom is 0.337 e. The number of piperidine rings is 1. The van der Waals surface area contributed by atoms with Crippen LogP contribution >= 0.6 is 11.6 Å². The molecule has 4 rings (SSSR count). The minimum atomic E-state index is -3.55. The first-order valence-corrected chi connectivity index (χ1v) is 12.7. The molecule has 0 saturated carbocycles. The lowest BCUT2D eigenvalue weighted by atomic mass is 10.1. The Morgan fingerprint density at radius 3 is 2.45 bits per heavy atom. The van der Waals surface area contributed by atoms with Crippen LogP contribution in [0.3, 0.4) is 0 Å². The Morgan fingerprint density at radius 2 is 1.82 bits per heavy atom. The van der Waals surface area contributed by atoms with Gasteiger partial charge in [-0.05, 0) is 61.7 Å². The van der Waals surface area contributed by atoms with Gasteiger partial charge in [0.25, 0.3) is 0 Å². The Hall–Kier alpha value is -2.68. The van der Waals surface area contributed by atoms with Gasteiger partial charge in [-0.15, -0.1) is 0 Å². The fraction of sp³-hybridized carbons (Fsp3) is 0.333. The molecule has 0 radical (unpaired) electrons. The average Bonchev–Trinajstić information content (AvgIpc) is 3.22. The molecule has 0 N–H and O–H groups in total. The minimum Gasteiger partial charge on any atom is -0.465 e. The zero-order chi connectivity index (χ0) is 23.6. The number of rotatable bonds is 6. The van der Waals surface area contributed by atoms with Gasteiger partial charge in [-0.3, -0.25) is 0 Å². The van der Waals surface area contributed by atoms with Crippen molar-refractivity contribution < 1.29 is 17.9 Å². The Balaban J connectivity index is 1.69. The topological polar surface area (TPSA) is 81.5 Å². The molecular formula is C24H26ClN3O4S. The molecule has 2 heterocycles. The number of fused-ring (bicyclic) bond motifs is 1. The summed E-state index contributed by atoms with van der Waals surface area (Å²) in [6.07, 6.45) is 4.60. The molecule has 3 aromatic rings. The molecule has 174 valence electrons. The van der Waals surface area contributed by atoms with Gasteiger partial charge in [0.1, 0.15) is 0 Å². The molecule has 1 aliphatic rings. The first kappa shape index (κ1) is 23.5. The van der Waals surface area contributed by atoms with Gasteiger partial charge < -0.3 is 9.30 Å². The normalized spacial score (nSPS) is 15.7. The molecule has 1 saturated heterocycles. The zero-order valence-electron chi connectivity index (χ0n) is 18.6. The van der Waals surface area contributed by atoms with Crippen molar-refractivity contribution in [2.75, 3.05) is 20.2 Å². The summed E-state index contributed by atoms with van der Waals surface area (Å²) >= 11 is 6.64. The molecule has 0 unspecified atom stereocenters. The second kappa shape index (κ2) is 9.67. The molecule has 0 spiro atoms. The number of benzene rings is 2. The van der Waals surface area contributed by atoms with Gasteiger partial charge >= 0.3 is 5.97 Å². The monoisotopic (exact) mass is 487 g/mol. The van der Waals surface area contributed by atoms with E-state index in [0.29, 0.717) is 41.6 Å². The predicted octanol–water partition coefficient (Wildman–Crippen LogP) is 4.75. The van der Waals surface area contributed by atoms with Crippen molar-refractivity contribution in [1.82, 2.24) is 13.9 Å². The van der Waals surface area contributed by atoms with Crippen LogP contribution in [0.25, 0.3) is 22.1 Å². The lowest BCUT2D eigenvalue weighted by Crippen LogP contribution is -2.35. The largest absolute Gasteiger partial charge is 0.465 e. The number of nitrogens with zero attached hydrogens (tertiary/aromatic N) is 3. The van der Waals surface area contributed by atoms with Gasteiger partial charge in [0, 0.05) is 19.6 Å². The number of hydrogen-bond donors (Lipinski definition) is 0. The molecular weight excluding hydrogens is 462 g/mol. The summed E-state index contributed by atoms with van der Waals surface area (Å²) in [5.74, 6) is 0.151. The number of carbonyl (C=O) groups excluding carboxylic acids is 1. The summed E-state index contributed by atoms with van der Waals surface area (Å²) in [6, 6.07) is 12.0. The van der Waals surface area contributed by atoms with E-state index in [1.807, 2.05) is 11.5 Å². The van der Waals surface area contributed by atoms with E-state index in [2.05, 4.69) is 4.98 Å². The smallest absolute Gasteiger partial charge is 0.337 e. The predicted molar refractivity (Wildman–Crippen MR) is 130 cm³/mol. The van der Waals surface area contributed by atoms with Crippen LogP contribution in [0.5, 0.6) is 0 Å². The fourth-order valence-corrected chi connectivity index (χ4v) is 5.88. The molecule has 7 nitrogen and oxygen atoms in total. The maximum absolute atomic E-state index is 13.1. The van der Waals surface area contributed by atoms with Crippen LogP contribution in [0.15, 0.2) is 47.4 Å². The van der Waals surface area contributed by atoms with Crippen LogP contribution in [0, 0.1) is 0 Å². The number of imidazole rings is 1. The van der Waals surface area contributed by atoms with Crippen molar-refractivity contribution in [3.63, 3.8) is 0 Å². The third kappa shape index (κ3) is 4.69. The highest BCUT2D eigenvalue weighted by atomic mass is 35.5. The van der Waals surface area contributed by atoms with Gasteiger partial charge in [0.2, 0.25) is 10.0 Å². The highest BCUT2D eigenvalue weighted by Gasteiger charge is 2.26. The van der Waals surface area contributed by atoms with Crippen molar-refractivity contribution in [2.24, 2.45) is 0 Å². The Morgan fingerprint density at radius 1 is 1.12 bits per heavy atom. The number of carbonyl (C=O) groups is 1. The molecule has 1 aliphatic heterocycles. The molecule has 33 heavy (non-hydrogen) atoms. The van der Waals surface area contributed by atoms with Crippen molar-refractivity contribution in [2.45, 2.75) is 37.6 Å². The zero-order valence-corrected chi connectivity index (χ0v) is 20.2. The minimum absolute atomic E-state index is 0.253. The summed E-state index contributed by atoms with van der Waals surface area (Å²) in [5, 5.41) is 0.416. The van der Waals surface area contributed by atoms with E-state index in [0.717, 1.165) is 30.3 Å². The summed E-state index contributed by atoms with van der Waals surface area (Å²) in [5.41, 5.74) is 2.65. The summed E-state index contributed by atoms with van der Waals surface area (Å²) in [4.78, 5) is 16.5. The second-order valence-corrected chi connectivity index (χ2v) is 10.2. The first-order valence-electron chi connectivity index (χ1n) is 10.9. The molecule has 2 aromatic carbocycles. The van der Waals surface area contributed by atoms with Crippen LogP contribution in [-0.2, 0) is 21.3 Å². The summed E-state index contributed by atoms with van der Waals surface area (Å²) < 4.78 is 34.4. The fourth-order valence-electron chi connectivity index (χ4n) is 4.07. The number of esters is 1. The average molecular weight is 488 g/mol. The van der Waals surface area contributed by atoms with E-state index in [4.69, 9.17) is 16.3 Å². The van der Waals surface area contributed by atoms with E-state index >= 15 is 0 Å². The second-order valence-electron chi connectivity index (χ2n) is 7.90. The number of sulfonamides is 1. The Labute approximate surface area is 198 Å². The van der Waals surface area contributed by atoms with E-state index in [-0.39, 0.29) is 4.90 Å². The van der Waals surface area contributed by atoms with Gasteiger partial charge in [-0.2, -0.15) is 4.31 Å². The molecule has 0 aliphatic carbocycles. The SMILES string of the molecule is CCn1c(/C(Cl)=C/c2ccc(C(=O)OC)cc2)nc2cc(S(=O)(=O)N3CCCCC3)ccc21. The third-order valence-electron chi connectivity index (χ3n) is 5.83. The molecule has 0 amide bonds. The van der Waals surface area contributed by atoms with Crippen LogP contribution in [0.1, 0.15) is 47.9 Å². The number of methoxy groups -OCH3 is 1. The molecule has 0 bridgehead atoms. The highest BCUT2D eigenvalue weighted by Crippen LogP contribution is 2.29. The van der Waals surface area contributed by atoms with Crippen molar-refractivity contribution in [1.29, 1.82) is 0 Å². The van der Waals surface area contributed by atoms with Gasteiger partial charge in [-0.25, -0.2) is 18.2 Å². The quantitative estimate of drug-likeness (QED) is 0.468. The number of hydrogen-bond acceptors (Lipinski definition) is 5. The lowest BCUT2D eigenvalue weighted by Gasteiger charge is -2.25. The van der Waals surface area contributed by atoms with Crippen LogP contribution in [-0.4, -0.2) is 48.4 Å². The van der Waals surface area contributed by atoms with Gasteiger partial charge in [-0.1, -0.05) is 30.2 Å². The van der Waals surface area contributed by atoms with Crippen molar-refractivity contribution in [3.05, 3.63) is 59.4 Å². The third-order valence-corrected chi connectivity index (χ3v) is 8.00. The molecule has 9 heteroatoms. The van der Waals surface area contributed by atoms with E-state index in [1.54, 1.807) is 52.8 Å². The van der Waals surface area contributed by atoms with Crippen molar-refractivity contribution >= 4 is 49.7 Å². The van der Waals surface area contributed by atoms with Gasteiger partial charge in [0.15, 0.2) is 5.82 Å². The Bertz CT molecular complexity index is 1310. The number of aromatic nitrogens is 2. The van der Waals surface area contributed by atoms with Crippen molar-refractivity contribution in [3.8, 4) is 0 Å². The van der Waals surface area contributed by atoms with E-state index in [9.17, 15) is 13.2 Å². The summed E-state index contributed by atoms with van der Waals surface area (Å²) in [7, 11) is -2.21.